The predicted octanol–water partition coefficient (Wildman–Crippen LogP) is 5.40. The molecule has 1 aliphatic heterocycles. The van der Waals surface area contributed by atoms with Crippen LogP contribution in [0, 0.1) is 6.92 Å². The molecule has 0 bridgehead atoms. The first-order valence-corrected chi connectivity index (χ1v) is 11.4. The number of aryl methyl sites for hydroxylation is 1. The Balaban J connectivity index is 1.42. The Morgan fingerprint density at radius 1 is 1.03 bits per heavy atom. The molecule has 0 atom stereocenters. The number of amides is 2. The summed E-state index contributed by atoms with van der Waals surface area (Å²) in [6.07, 6.45) is 3.42. The van der Waals surface area contributed by atoms with E-state index >= 15 is 0 Å². The number of halogens is 1. The van der Waals surface area contributed by atoms with Crippen LogP contribution in [0.25, 0.3) is 0 Å². The van der Waals surface area contributed by atoms with Gasteiger partial charge in [-0.2, -0.15) is 0 Å². The van der Waals surface area contributed by atoms with E-state index in [2.05, 4.69) is 34.6 Å². The van der Waals surface area contributed by atoms with Crippen LogP contribution in [0.1, 0.15) is 56.3 Å². The molecule has 1 aromatic heterocycles. The number of alkyl halides is 1. The molecule has 32 heavy (non-hydrogen) atoms. The van der Waals surface area contributed by atoms with E-state index in [1.807, 2.05) is 30.0 Å². The number of hydrogen-bond donors (Lipinski definition) is 1. The second kappa shape index (κ2) is 9.96. The first kappa shape index (κ1) is 22.0. The van der Waals surface area contributed by atoms with Gasteiger partial charge in [0.05, 0.1) is 17.1 Å². The predicted molar refractivity (Wildman–Crippen MR) is 127 cm³/mol. The Bertz CT molecular complexity index is 1090. The van der Waals surface area contributed by atoms with Crippen LogP contribution in [0.5, 0.6) is 0 Å². The lowest BCUT2D eigenvalue weighted by Crippen LogP contribution is -2.38. The SMILES string of the molecule is Cc1ccc(C(=O)N2CCC(c3ccccc3)CC2)cc1NC(=O)c1ccc(CCl)nc1. The number of aromatic nitrogens is 1. The third-order valence-corrected chi connectivity index (χ3v) is 6.28. The molecule has 0 saturated carbocycles. The monoisotopic (exact) mass is 447 g/mol. The maximum Gasteiger partial charge on any atom is 0.257 e. The molecule has 0 spiro atoms. The summed E-state index contributed by atoms with van der Waals surface area (Å²) in [4.78, 5) is 31.8. The molecule has 3 aromatic rings. The molecule has 164 valence electrons. The van der Waals surface area contributed by atoms with Crippen LogP contribution in [0.3, 0.4) is 0 Å². The number of carbonyl (C=O) groups is 2. The van der Waals surface area contributed by atoms with Crippen LogP contribution in [0.15, 0.2) is 66.9 Å². The fourth-order valence-corrected chi connectivity index (χ4v) is 4.20. The van der Waals surface area contributed by atoms with Crippen molar-refractivity contribution in [3.8, 4) is 0 Å². The maximum atomic E-state index is 13.1. The highest BCUT2D eigenvalue weighted by Gasteiger charge is 2.25. The molecule has 4 rings (SSSR count). The topological polar surface area (TPSA) is 62.3 Å². The van der Waals surface area contributed by atoms with Crippen molar-refractivity contribution in [2.45, 2.75) is 31.6 Å². The van der Waals surface area contributed by atoms with Gasteiger partial charge in [0.2, 0.25) is 0 Å². The fourth-order valence-electron chi connectivity index (χ4n) is 4.05. The van der Waals surface area contributed by atoms with Crippen molar-refractivity contribution in [2.24, 2.45) is 0 Å². The van der Waals surface area contributed by atoms with E-state index in [0.717, 1.165) is 31.5 Å². The van der Waals surface area contributed by atoms with Crippen LogP contribution in [-0.4, -0.2) is 34.8 Å². The average molecular weight is 448 g/mol. The molecular weight excluding hydrogens is 422 g/mol. The van der Waals surface area contributed by atoms with Crippen molar-refractivity contribution < 1.29 is 9.59 Å². The molecule has 2 amide bonds. The maximum absolute atomic E-state index is 13.1. The lowest BCUT2D eigenvalue weighted by Gasteiger charge is -2.32. The van der Waals surface area contributed by atoms with E-state index < -0.39 is 0 Å². The summed E-state index contributed by atoms with van der Waals surface area (Å²) in [5.41, 5.74) is 4.60. The van der Waals surface area contributed by atoms with Crippen LogP contribution >= 0.6 is 11.6 Å². The first-order valence-electron chi connectivity index (χ1n) is 10.8. The van der Waals surface area contributed by atoms with Crippen LogP contribution in [-0.2, 0) is 5.88 Å². The quantitative estimate of drug-likeness (QED) is 0.532. The van der Waals surface area contributed by atoms with E-state index in [4.69, 9.17) is 11.6 Å². The second-order valence-electron chi connectivity index (χ2n) is 8.13. The van der Waals surface area contributed by atoms with Crippen molar-refractivity contribution in [3.05, 3.63) is 94.8 Å². The molecule has 0 aliphatic carbocycles. The molecule has 1 aliphatic rings. The van der Waals surface area contributed by atoms with Gasteiger partial charge >= 0.3 is 0 Å². The number of nitrogens with zero attached hydrogens (tertiary/aromatic N) is 2. The molecule has 1 saturated heterocycles. The normalized spacial score (nSPS) is 14.2. The standard InChI is InChI=1S/C26H26ClN3O2/c1-18-7-8-21(15-24(18)29-25(31)22-9-10-23(16-27)28-17-22)26(32)30-13-11-20(12-14-30)19-5-3-2-4-6-19/h2-10,15,17,20H,11-14,16H2,1H3,(H,29,31). The number of carbonyl (C=O) groups excluding carboxylic acids is 2. The van der Waals surface area contributed by atoms with Gasteiger partial charge in [-0.15, -0.1) is 11.6 Å². The van der Waals surface area contributed by atoms with Crippen LogP contribution in [0.2, 0.25) is 0 Å². The minimum Gasteiger partial charge on any atom is -0.339 e. The summed E-state index contributed by atoms with van der Waals surface area (Å²) >= 11 is 5.76. The third-order valence-electron chi connectivity index (χ3n) is 6.01. The Morgan fingerprint density at radius 3 is 2.41 bits per heavy atom. The summed E-state index contributed by atoms with van der Waals surface area (Å²) in [5, 5.41) is 2.91. The molecule has 2 heterocycles. The Hall–Kier alpha value is -3.18. The molecular formula is C26H26ClN3O2. The smallest absolute Gasteiger partial charge is 0.257 e. The van der Waals surface area contributed by atoms with Crippen molar-refractivity contribution in [1.82, 2.24) is 9.88 Å². The molecule has 0 unspecified atom stereocenters. The highest BCUT2D eigenvalue weighted by Crippen LogP contribution is 2.29. The first-order chi connectivity index (χ1) is 15.5. The molecule has 6 heteroatoms. The van der Waals surface area contributed by atoms with Gasteiger partial charge in [-0.25, -0.2) is 0 Å². The lowest BCUT2D eigenvalue weighted by atomic mass is 9.89. The van der Waals surface area contributed by atoms with Gasteiger partial charge in [-0.3, -0.25) is 14.6 Å². The van der Waals surface area contributed by atoms with E-state index in [1.165, 1.54) is 11.8 Å². The van der Waals surface area contributed by atoms with Gasteiger partial charge in [0.25, 0.3) is 11.8 Å². The second-order valence-corrected chi connectivity index (χ2v) is 8.40. The van der Waals surface area contributed by atoms with Gasteiger partial charge < -0.3 is 10.2 Å². The number of benzene rings is 2. The van der Waals surface area contributed by atoms with Crippen molar-refractivity contribution in [3.63, 3.8) is 0 Å². The zero-order chi connectivity index (χ0) is 22.5. The van der Waals surface area contributed by atoms with Crippen molar-refractivity contribution in [1.29, 1.82) is 0 Å². The Morgan fingerprint density at radius 2 is 1.75 bits per heavy atom. The number of hydrogen-bond acceptors (Lipinski definition) is 3. The molecule has 1 fully saturated rings. The van der Waals surface area contributed by atoms with Crippen LogP contribution in [0.4, 0.5) is 5.69 Å². The lowest BCUT2D eigenvalue weighted by molar-refractivity contribution is 0.0712. The number of anilines is 1. The summed E-state index contributed by atoms with van der Waals surface area (Å²) in [6, 6.07) is 19.4. The van der Waals surface area contributed by atoms with Crippen molar-refractivity contribution >= 4 is 29.1 Å². The summed E-state index contributed by atoms with van der Waals surface area (Å²) < 4.78 is 0. The molecule has 2 aromatic carbocycles. The van der Waals surface area contributed by atoms with Gasteiger partial charge in [0.1, 0.15) is 0 Å². The summed E-state index contributed by atoms with van der Waals surface area (Å²) in [7, 11) is 0. The van der Waals surface area contributed by atoms with E-state index in [-0.39, 0.29) is 11.8 Å². The zero-order valence-electron chi connectivity index (χ0n) is 18.1. The number of pyridine rings is 1. The minimum absolute atomic E-state index is 0.000132. The third kappa shape index (κ3) is 5.00. The number of likely N-dealkylation sites (tertiary alicyclic amines) is 1. The number of piperidine rings is 1. The highest BCUT2D eigenvalue weighted by atomic mass is 35.5. The van der Waals surface area contributed by atoms with Gasteiger partial charge in [-0.1, -0.05) is 36.4 Å². The number of nitrogens with one attached hydrogen (secondary N) is 1. The Kier molecular flexibility index (Phi) is 6.86. The zero-order valence-corrected chi connectivity index (χ0v) is 18.8. The van der Waals surface area contributed by atoms with Gasteiger partial charge in [0, 0.05) is 30.5 Å². The molecule has 1 N–H and O–H groups in total. The van der Waals surface area contributed by atoms with Crippen molar-refractivity contribution in [2.75, 3.05) is 18.4 Å². The van der Waals surface area contributed by atoms with E-state index in [9.17, 15) is 9.59 Å². The number of rotatable bonds is 5. The van der Waals surface area contributed by atoms with E-state index in [1.54, 1.807) is 18.2 Å². The Labute approximate surface area is 193 Å². The van der Waals surface area contributed by atoms with Gasteiger partial charge in [0.15, 0.2) is 0 Å². The fraction of sp³-hybridized carbons (Fsp3) is 0.269. The average Bonchev–Trinajstić information content (AvgIpc) is 2.85. The summed E-state index contributed by atoms with van der Waals surface area (Å²) in [6.45, 7) is 3.36. The minimum atomic E-state index is -0.269. The molecule has 0 radical (unpaired) electrons. The largest absolute Gasteiger partial charge is 0.339 e. The van der Waals surface area contributed by atoms with Gasteiger partial charge in [-0.05, 0) is 61.1 Å². The van der Waals surface area contributed by atoms with Crippen LogP contribution < -0.4 is 5.32 Å². The van der Waals surface area contributed by atoms with E-state index in [0.29, 0.717) is 34.3 Å². The molecule has 5 nitrogen and oxygen atoms in total. The summed E-state index contributed by atoms with van der Waals surface area (Å²) in [5.74, 6) is 0.523. The highest BCUT2D eigenvalue weighted by molar-refractivity contribution is 6.16.